The molecule has 2 rings (SSSR count). The highest BCUT2D eigenvalue weighted by Gasteiger charge is 2.19. The van der Waals surface area contributed by atoms with Crippen molar-refractivity contribution in [2.45, 2.75) is 12.1 Å². The lowest BCUT2D eigenvalue weighted by atomic mass is 10.4. The molecule has 0 spiro atoms. The number of aryl methyl sites for hydroxylation is 2. The summed E-state index contributed by atoms with van der Waals surface area (Å²) >= 11 is 1.26. The van der Waals surface area contributed by atoms with E-state index in [2.05, 4.69) is 9.36 Å². The van der Waals surface area contributed by atoms with Gasteiger partial charge < -0.3 is 4.57 Å². The molecular formula is C7H9N3O2S2. The van der Waals surface area contributed by atoms with Crippen LogP contribution in [-0.2, 0) is 16.9 Å². The maximum Gasteiger partial charge on any atom is 0.228 e. The Labute approximate surface area is 85.5 Å². The SMILES string of the molecule is Cc1nsc2c1nc(S(C)(=O)=O)n2C. The van der Waals surface area contributed by atoms with Crippen LogP contribution in [-0.4, -0.2) is 28.6 Å². The number of nitrogens with zero attached hydrogens (tertiary/aromatic N) is 3. The molecule has 0 saturated heterocycles. The number of hydrogen-bond donors (Lipinski definition) is 0. The van der Waals surface area contributed by atoms with Gasteiger partial charge in [0.05, 0.1) is 5.69 Å². The monoisotopic (exact) mass is 231 g/mol. The molecule has 7 heteroatoms. The quantitative estimate of drug-likeness (QED) is 0.726. The van der Waals surface area contributed by atoms with E-state index in [-0.39, 0.29) is 5.16 Å². The summed E-state index contributed by atoms with van der Waals surface area (Å²) in [5.41, 5.74) is 1.45. The summed E-state index contributed by atoms with van der Waals surface area (Å²) in [6.07, 6.45) is 1.15. The van der Waals surface area contributed by atoms with Crippen LogP contribution in [0.15, 0.2) is 5.16 Å². The molecule has 0 fully saturated rings. The number of fused-ring (bicyclic) bond motifs is 1. The van der Waals surface area contributed by atoms with Crippen molar-refractivity contribution in [1.29, 1.82) is 0 Å². The van der Waals surface area contributed by atoms with E-state index in [1.807, 2.05) is 6.92 Å². The van der Waals surface area contributed by atoms with E-state index in [9.17, 15) is 8.42 Å². The van der Waals surface area contributed by atoms with E-state index in [1.165, 1.54) is 11.5 Å². The van der Waals surface area contributed by atoms with Gasteiger partial charge in [-0.1, -0.05) is 0 Å². The average Bonchev–Trinajstić information content (AvgIpc) is 2.54. The third-order valence-electron chi connectivity index (χ3n) is 1.94. The van der Waals surface area contributed by atoms with Crippen LogP contribution in [0.1, 0.15) is 5.69 Å². The number of sulfone groups is 1. The van der Waals surface area contributed by atoms with Gasteiger partial charge in [-0.25, -0.2) is 13.4 Å². The van der Waals surface area contributed by atoms with Gasteiger partial charge in [-0.15, -0.1) is 0 Å². The molecule has 5 nitrogen and oxygen atoms in total. The zero-order valence-electron chi connectivity index (χ0n) is 7.97. The topological polar surface area (TPSA) is 64.8 Å². The molecule has 0 aromatic carbocycles. The Hall–Kier alpha value is -0.950. The second kappa shape index (κ2) is 2.77. The Morgan fingerprint density at radius 3 is 2.57 bits per heavy atom. The van der Waals surface area contributed by atoms with E-state index >= 15 is 0 Å². The molecule has 0 N–H and O–H groups in total. The lowest BCUT2D eigenvalue weighted by Crippen LogP contribution is -2.05. The summed E-state index contributed by atoms with van der Waals surface area (Å²) < 4.78 is 28.3. The molecule has 0 aliphatic rings. The Balaban J connectivity index is 2.88. The van der Waals surface area contributed by atoms with E-state index in [0.717, 1.165) is 16.8 Å². The van der Waals surface area contributed by atoms with Crippen LogP contribution >= 0.6 is 11.5 Å². The van der Waals surface area contributed by atoms with E-state index in [4.69, 9.17) is 0 Å². The summed E-state index contributed by atoms with van der Waals surface area (Å²) in [5.74, 6) is 0. The highest BCUT2D eigenvalue weighted by Crippen LogP contribution is 2.23. The van der Waals surface area contributed by atoms with Crippen LogP contribution in [0.4, 0.5) is 0 Å². The van der Waals surface area contributed by atoms with Crippen LogP contribution in [0.25, 0.3) is 10.3 Å². The van der Waals surface area contributed by atoms with Gasteiger partial charge in [0.25, 0.3) is 0 Å². The van der Waals surface area contributed by atoms with Crippen LogP contribution in [0.5, 0.6) is 0 Å². The summed E-state index contributed by atoms with van der Waals surface area (Å²) in [6.45, 7) is 1.82. The minimum absolute atomic E-state index is 0.101. The molecule has 0 aliphatic carbocycles. The Bertz CT molecular complexity index is 594. The van der Waals surface area contributed by atoms with Crippen molar-refractivity contribution in [3.05, 3.63) is 5.69 Å². The minimum Gasteiger partial charge on any atom is -0.308 e. The molecule has 0 saturated carbocycles. The van der Waals surface area contributed by atoms with Crippen molar-refractivity contribution >= 4 is 31.7 Å². The molecular weight excluding hydrogens is 222 g/mol. The molecule has 2 aromatic rings. The number of imidazole rings is 1. The highest BCUT2D eigenvalue weighted by molar-refractivity contribution is 7.90. The van der Waals surface area contributed by atoms with E-state index < -0.39 is 9.84 Å². The number of rotatable bonds is 1. The Morgan fingerprint density at radius 1 is 1.43 bits per heavy atom. The van der Waals surface area contributed by atoms with Crippen LogP contribution in [0.3, 0.4) is 0 Å². The molecule has 0 amide bonds. The zero-order chi connectivity index (χ0) is 10.5. The molecule has 14 heavy (non-hydrogen) atoms. The second-order valence-electron chi connectivity index (χ2n) is 3.15. The van der Waals surface area contributed by atoms with Crippen LogP contribution < -0.4 is 0 Å². The molecule has 0 unspecified atom stereocenters. The molecule has 0 atom stereocenters. The highest BCUT2D eigenvalue weighted by atomic mass is 32.2. The molecule has 76 valence electrons. The van der Waals surface area contributed by atoms with Crippen molar-refractivity contribution in [3.63, 3.8) is 0 Å². The Kier molecular flexibility index (Phi) is 1.90. The van der Waals surface area contributed by atoms with Gasteiger partial charge in [0.1, 0.15) is 10.3 Å². The smallest absolute Gasteiger partial charge is 0.228 e. The molecule has 2 aromatic heterocycles. The third-order valence-corrected chi connectivity index (χ3v) is 3.98. The predicted octanol–water partition coefficient (Wildman–Crippen LogP) is 0.742. The molecule has 0 bridgehead atoms. The third kappa shape index (κ3) is 1.24. The van der Waals surface area contributed by atoms with Gasteiger partial charge in [0.15, 0.2) is 0 Å². The maximum absolute atomic E-state index is 11.3. The van der Waals surface area contributed by atoms with Gasteiger partial charge in [0.2, 0.25) is 15.0 Å². The molecule has 2 heterocycles. The predicted molar refractivity (Wildman–Crippen MR) is 54.2 cm³/mol. The van der Waals surface area contributed by atoms with Gasteiger partial charge >= 0.3 is 0 Å². The fourth-order valence-electron chi connectivity index (χ4n) is 1.29. The lowest BCUT2D eigenvalue weighted by Gasteiger charge is -1.96. The molecule has 0 aliphatic heterocycles. The van der Waals surface area contributed by atoms with Crippen LogP contribution in [0.2, 0.25) is 0 Å². The minimum atomic E-state index is -3.25. The van der Waals surface area contributed by atoms with Crippen molar-refractivity contribution < 1.29 is 8.42 Å². The first-order valence-corrected chi connectivity index (χ1v) is 6.56. The van der Waals surface area contributed by atoms with Crippen molar-refractivity contribution in [1.82, 2.24) is 13.9 Å². The van der Waals surface area contributed by atoms with Gasteiger partial charge in [-0.2, -0.15) is 4.37 Å². The summed E-state index contributed by atoms with van der Waals surface area (Å²) in [4.78, 5) is 4.86. The van der Waals surface area contributed by atoms with Crippen LogP contribution in [0, 0.1) is 6.92 Å². The number of hydrogen-bond acceptors (Lipinski definition) is 5. The van der Waals surface area contributed by atoms with Crippen molar-refractivity contribution in [3.8, 4) is 0 Å². The normalized spacial score (nSPS) is 12.5. The van der Waals surface area contributed by atoms with Crippen molar-refractivity contribution in [2.75, 3.05) is 6.26 Å². The average molecular weight is 231 g/mol. The standard InChI is InChI=1S/C7H9N3O2S2/c1-4-5-6(13-9-4)10(2)7(8-5)14(3,11)12/h1-3H3. The zero-order valence-corrected chi connectivity index (χ0v) is 9.61. The summed E-state index contributed by atoms with van der Waals surface area (Å²) in [5, 5.41) is 0.101. The van der Waals surface area contributed by atoms with Gasteiger partial charge in [0, 0.05) is 13.3 Å². The lowest BCUT2D eigenvalue weighted by molar-refractivity contribution is 0.587. The maximum atomic E-state index is 11.3. The van der Waals surface area contributed by atoms with Gasteiger partial charge in [-0.05, 0) is 18.5 Å². The first-order valence-electron chi connectivity index (χ1n) is 3.90. The second-order valence-corrected chi connectivity index (χ2v) is 5.81. The summed E-state index contributed by atoms with van der Waals surface area (Å²) in [7, 11) is -1.57. The summed E-state index contributed by atoms with van der Waals surface area (Å²) in [6, 6.07) is 0. The van der Waals surface area contributed by atoms with E-state index in [1.54, 1.807) is 11.6 Å². The number of aromatic nitrogens is 3. The fraction of sp³-hybridized carbons (Fsp3) is 0.429. The first-order chi connectivity index (χ1) is 6.41. The Morgan fingerprint density at radius 2 is 2.07 bits per heavy atom. The van der Waals surface area contributed by atoms with E-state index in [0.29, 0.717) is 5.52 Å². The van der Waals surface area contributed by atoms with Crippen molar-refractivity contribution in [2.24, 2.45) is 7.05 Å². The largest absolute Gasteiger partial charge is 0.308 e. The molecule has 0 radical (unpaired) electrons. The first kappa shape index (κ1) is 9.60. The van der Waals surface area contributed by atoms with Gasteiger partial charge in [-0.3, -0.25) is 0 Å². The fourth-order valence-corrected chi connectivity index (χ4v) is 2.99.